The Kier molecular flexibility index (Phi) is 35.5. The van der Waals surface area contributed by atoms with Crippen LogP contribution in [-0.2, 0) is 16.5 Å². The van der Waals surface area contributed by atoms with Crippen molar-refractivity contribution in [3.8, 4) is 24.8 Å². The second-order valence-electron chi connectivity index (χ2n) is 0.624. The number of rotatable bonds is 0. The molecule has 0 aromatic carbocycles. The van der Waals surface area contributed by atoms with E-state index in [0.717, 1.165) is 0 Å². The van der Waals surface area contributed by atoms with Gasteiger partial charge in [-0.1, -0.05) is 0 Å². The van der Waals surface area contributed by atoms with Crippen LogP contribution in [0.3, 0.4) is 0 Å². The Bertz CT molecular complexity index is 171. The molecule has 0 amide bonds. The van der Waals surface area contributed by atoms with E-state index in [1.807, 2.05) is 0 Å². The molecule has 0 aliphatic carbocycles. The fraction of sp³-hybridized carbons (Fsp3) is 0. The molecule has 0 saturated heterocycles. The minimum Gasteiger partial charge on any atom is -0.385 e. The largest absolute Gasteiger partial charge is 2.00 e. The SMILES string of the molecule is N#C[N-]C#N.N#C[N-]C#N.[Ni+2]. The Morgan fingerprint density at radius 1 is 0.636 bits per heavy atom. The molecule has 0 heterocycles. The molecule has 0 bridgehead atoms. The summed E-state index contributed by atoms with van der Waals surface area (Å²) in [5, 5.41) is 34.9. The molecular formula is C4N6Ni. The van der Waals surface area contributed by atoms with Gasteiger partial charge >= 0.3 is 16.5 Å². The van der Waals surface area contributed by atoms with Crippen LogP contribution in [0.25, 0.3) is 10.6 Å². The topological polar surface area (TPSA) is 123 Å². The maximum Gasteiger partial charge on any atom is 2.00 e. The first kappa shape index (κ1) is 16.0. The molecule has 0 aliphatic rings. The molecular weight excluding hydrogens is 191 g/mol. The van der Waals surface area contributed by atoms with Gasteiger partial charge in [-0.3, -0.25) is 10.6 Å². The molecule has 0 aromatic rings. The quantitative estimate of drug-likeness (QED) is 0.411. The fourth-order valence-electron chi connectivity index (χ4n) is 0.0447. The molecule has 11 heavy (non-hydrogen) atoms. The summed E-state index contributed by atoms with van der Waals surface area (Å²) in [6.45, 7) is 0. The Hall–Kier alpha value is -1.95. The minimum atomic E-state index is 0. The van der Waals surface area contributed by atoms with Crippen LogP contribution in [-0.4, -0.2) is 0 Å². The smallest absolute Gasteiger partial charge is 0.385 e. The summed E-state index contributed by atoms with van der Waals surface area (Å²) < 4.78 is 0. The Balaban J connectivity index is -0.000000107. The van der Waals surface area contributed by atoms with E-state index < -0.39 is 0 Å². The van der Waals surface area contributed by atoms with Crippen molar-refractivity contribution in [2.45, 2.75) is 0 Å². The second kappa shape index (κ2) is 24.4. The molecule has 0 saturated carbocycles. The number of nitrogens with zero attached hydrogens (tertiary/aromatic N) is 6. The van der Waals surface area contributed by atoms with E-state index in [1.165, 1.54) is 24.8 Å². The van der Waals surface area contributed by atoms with Crippen LogP contribution in [0.4, 0.5) is 0 Å². The second-order valence-corrected chi connectivity index (χ2v) is 0.624. The van der Waals surface area contributed by atoms with E-state index in [4.69, 9.17) is 21.0 Å². The number of hydrogen-bond donors (Lipinski definition) is 0. The van der Waals surface area contributed by atoms with Crippen molar-refractivity contribution in [3.05, 3.63) is 10.6 Å². The van der Waals surface area contributed by atoms with Crippen molar-refractivity contribution in [2.24, 2.45) is 0 Å². The number of nitriles is 4. The van der Waals surface area contributed by atoms with Crippen LogP contribution >= 0.6 is 0 Å². The zero-order valence-corrected chi connectivity index (χ0v) is 5.99. The first-order valence-corrected chi connectivity index (χ1v) is 1.79. The zero-order valence-electron chi connectivity index (χ0n) is 5.00. The summed E-state index contributed by atoms with van der Waals surface area (Å²) in [7, 11) is 0. The minimum absolute atomic E-state index is 0. The average Bonchev–Trinajstić information content (AvgIpc) is 1.93. The van der Waals surface area contributed by atoms with Crippen molar-refractivity contribution >= 4 is 0 Å². The monoisotopic (exact) mass is 190 g/mol. The molecule has 0 rings (SSSR count). The molecule has 0 aromatic heterocycles. The van der Waals surface area contributed by atoms with Crippen molar-refractivity contribution < 1.29 is 16.5 Å². The van der Waals surface area contributed by atoms with Gasteiger partial charge in [-0.25, -0.2) is 0 Å². The van der Waals surface area contributed by atoms with E-state index in [1.54, 1.807) is 0 Å². The normalized spacial score (nSPS) is 3.27. The van der Waals surface area contributed by atoms with Crippen molar-refractivity contribution in [2.75, 3.05) is 0 Å². The molecule has 0 fully saturated rings. The summed E-state index contributed by atoms with van der Waals surface area (Å²) >= 11 is 0. The standard InChI is InChI=1S/2C2N3.Ni/c2*3-1-5-2-4;/q2*-1;+2. The van der Waals surface area contributed by atoms with E-state index in [2.05, 4.69) is 10.6 Å². The molecule has 0 radical (unpaired) electrons. The van der Waals surface area contributed by atoms with Gasteiger partial charge in [0.2, 0.25) is 0 Å². The predicted molar refractivity (Wildman–Crippen MR) is 29.2 cm³/mol. The van der Waals surface area contributed by atoms with Gasteiger partial charge in [-0.15, -0.1) is 0 Å². The van der Waals surface area contributed by atoms with Gasteiger partial charge in [0.05, 0.1) is 0 Å². The van der Waals surface area contributed by atoms with Crippen molar-refractivity contribution in [1.82, 2.24) is 0 Å². The van der Waals surface area contributed by atoms with Crippen LogP contribution in [0.2, 0.25) is 0 Å². The maximum absolute atomic E-state index is 7.43. The van der Waals surface area contributed by atoms with Gasteiger partial charge in [-0.2, -0.15) is 0 Å². The third-order valence-electron chi connectivity index (χ3n) is 0.200. The predicted octanol–water partition coefficient (Wildman–Crippen LogP) is 0.642. The first-order valence-electron chi connectivity index (χ1n) is 1.79. The zero-order chi connectivity index (χ0) is 8.24. The van der Waals surface area contributed by atoms with Gasteiger partial charge in [0.25, 0.3) is 0 Å². The molecule has 0 spiro atoms. The van der Waals surface area contributed by atoms with Crippen LogP contribution in [0.5, 0.6) is 0 Å². The molecule has 0 aliphatic heterocycles. The van der Waals surface area contributed by atoms with Gasteiger partial charge in [0.1, 0.15) is 0 Å². The summed E-state index contributed by atoms with van der Waals surface area (Å²) in [6, 6.07) is 0. The molecule has 56 valence electrons. The Morgan fingerprint density at radius 3 is 0.818 bits per heavy atom. The van der Waals surface area contributed by atoms with Crippen molar-refractivity contribution in [1.29, 1.82) is 21.0 Å². The Morgan fingerprint density at radius 2 is 0.818 bits per heavy atom. The molecule has 0 atom stereocenters. The van der Waals surface area contributed by atoms with Crippen molar-refractivity contribution in [3.63, 3.8) is 0 Å². The summed E-state index contributed by atoms with van der Waals surface area (Å²) in [5.74, 6) is 0. The third kappa shape index (κ3) is 70.0. The van der Waals surface area contributed by atoms with Crippen LogP contribution in [0.15, 0.2) is 0 Å². The van der Waals surface area contributed by atoms with E-state index in [0.29, 0.717) is 0 Å². The third-order valence-corrected chi connectivity index (χ3v) is 0.200. The molecule has 0 unspecified atom stereocenters. The van der Waals surface area contributed by atoms with E-state index in [-0.39, 0.29) is 16.5 Å². The summed E-state index contributed by atoms with van der Waals surface area (Å²) in [4.78, 5) is 0. The number of hydrogen-bond acceptors (Lipinski definition) is 4. The van der Waals surface area contributed by atoms with Gasteiger partial charge < -0.3 is 21.0 Å². The van der Waals surface area contributed by atoms with E-state index in [9.17, 15) is 0 Å². The van der Waals surface area contributed by atoms with Crippen LogP contribution in [0.1, 0.15) is 0 Å². The van der Waals surface area contributed by atoms with Gasteiger partial charge in [0.15, 0.2) is 0 Å². The van der Waals surface area contributed by atoms with Crippen LogP contribution in [0, 0.1) is 45.8 Å². The van der Waals surface area contributed by atoms with Gasteiger partial charge in [-0.05, 0) is 0 Å². The van der Waals surface area contributed by atoms with E-state index >= 15 is 0 Å². The molecule has 6 nitrogen and oxygen atoms in total. The molecule has 0 N–H and O–H groups in total. The Labute approximate surface area is 73.6 Å². The maximum atomic E-state index is 7.43. The van der Waals surface area contributed by atoms with Crippen LogP contribution < -0.4 is 0 Å². The first-order chi connectivity index (χ1) is 4.83. The fourth-order valence-corrected chi connectivity index (χ4v) is 0.0447. The average molecular weight is 191 g/mol. The summed E-state index contributed by atoms with van der Waals surface area (Å²) in [5.41, 5.74) is 0. The van der Waals surface area contributed by atoms with Gasteiger partial charge in [0, 0.05) is 24.8 Å². The molecule has 7 heteroatoms. The summed E-state index contributed by atoms with van der Waals surface area (Å²) in [6.07, 6.45) is 5.12.